The van der Waals surface area contributed by atoms with Crippen LogP contribution in [0.2, 0.25) is 0 Å². The number of hydrogen-bond donors (Lipinski definition) is 1. The van der Waals surface area contributed by atoms with Gasteiger partial charge in [0.25, 0.3) is 0 Å². The van der Waals surface area contributed by atoms with E-state index in [0.717, 1.165) is 12.4 Å². The van der Waals surface area contributed by atoms with Crippen molar-refractivity contribution in [3.8, 4) is 0 Å². The molecule has 0 bridgehead atoms. The van der Waals surface area contributed by atoms with E-state index in [4.69, 9.17) is 5.11 Å². The zero-order valence-corrected chi connectivity index (χ0v) is 11.3. The fourth-order valence-corrected chi connectivity index (χ4v) is 1.68. The molecule has 0 spiro atoms. The van der Waals surface area contributed by atoms with Gasteiger partial charge in [-0.15, -0.1) is 0 Å². The van der Waals surface area contributed by atoms with Crippen molar-refractivity contribution >= 4 is 17.6 Å². The number of rotatable bonds is 6. The van der Waals surface area contributed by atoms with Crippen LogP contribution in [0.3, 0.4) is 0 Å². The fraction of sp³-hybridized carbons (Fsp3) is 0.583. The van der Waals surface area contributed by atoms with Crippen molar-refractivity contribution in [2.24, 2.45) is 5.92 Å². The van der Waals surface area contributed by atoms with Crippen molar-refractivity contribution < 1.29 is 9.90 Å². The molecule has 0 aliphatic heterocycles. The first kappa shape index (κ1) is 14.2. The molecule has 0 aromatic carbocycles. The molecule has 6 nitrogen and oxygen atoms in total. The second kappa shape index (κ2) is 6.18. The van der Waals surface area contributed by atoms with Crippen molar-refractivity contribution in [3.05, 3.63) is 12.4 Å². The maximum Gasteiger partial charge on any atom is 0.323 e. The normalized spacial score (nSPS) is 10.5. The minimum absolute atomic E-state index is 0.0790. The Morgan fingerprint density at radius 3 is 2.33 bits per heavy atom. The van der Waals surface area contributed by atoms with Crippen LogP contribution >= 0.6 is 0 Å². The standard InChI is InChI=1S/C12H20N4O2/c1-9(2)6-15(3)10-5-11(14-8-13-10)16(4)7-12(17)18/h5,8-9H,6-7H2,1-4H3,(H,17,18). The first-order valence-electron chi connectivity index (χ1n) is 5.86. The number of aromatic nitrogens is 2. The molecule has 0 unspecified atom stereocenters. The van der Waals surface area contributed by atoms with E-state index >= 15 is 0 Å². The van der Waals surface area contributed by atoms with E-state index in [9.17, 15) is 4.79 Å². The van der Waals surface area contributed by atoms with Gasteiger partial charge in [0.2, 0.25) is 0 Å². The quantitative estimate of drug-likeness (QED) is 0.817. The molecule has 0 amide bonds. The molecule has 100 valence electrons. The van der Waals surface area contributed by atoms with Gasteiger partial charge in [0.05, 0.1) is 0 Å². The van der Waals surface area contributed by atoms with Crippen molar-refractivity contribution in [2.75, 3.05) is 37.0 Å². The van der Waals surface area contributed by atoms with E-state index < -0.39 is 5.97 Å². The SMILES string of the molecule is CC(C)CN(C)c1cc(N(C)CC(=O)O)ncn1. The molecule has 0 aliphatic rings. The Kier molecular flexibility index (Phi) is 4.88. The molecule has 0 fully saturated rings. The average molecular weight is 252 g/mol. The topological polar surface area (TPSA) is 69.6 Å². The molecular formula is C12H20N4O2. The van der Waals surface area contributed by atoms with Gasteiger partial charge in [0.1, 0.15) is 24.5 Å². The molecule has 0 saturated heterocycles. The molecule has 1 aromatic heterocycles. The Hall–Kier alpha value is -1.85. The summed E-state index contributed by atoms with van der Waals surface area (Å²) in [6.07, 6.45) is 1.46. The lowest BCUT2D eigenvalue weighted by Crippen LogP contribution is -2.27. The van der Waals surface area contributed by atoms with Crippen molar-refractivity contribution in [2.45, 2.75) is 13.8 Å². The predicted octanol–water partition coefficient (Wildman–Crippen LogP) is 1.09. The van der Waals surface area contributed by atoms with E-state index in [-0.39, 0.29) is 6.54 Å². The molecule has 1 heterocycles. The van der Waals surface area contributed by atoms with Crippen molar-refractivity contribution in [1.29, 1.82) is 0 Å². The summed E-state index contributed by atoms with van der Waals surface area (Å²) in [4.78, 5) is 22.5. The number of carboxylic acid groups (broad SMARTS) is 1. The van der Waals surface area contributed by atoms with E-state index in [0.29, 0.717) is 11.7 Å². The first-order chi connectivity index (χ1) is 8.40. The Morgan fingerprint density at radius 2 is 1.83 bits per heavy atom. The van der Waals surface area contributed by atoms with Gasteiger partial charge in [-0.25, -0.2) is 9.97 Å². The van der Waals surface area contributed by atoms with Crippen LogP contribution in [0.1, 0.15) is 13.8 Å². The highest BCUT2D eigenvalue weighted by atomic mass is 16.4. The van der Waals surface area contributed by atoms with E-state index in [1.54, 1.807) is 18.0 Å². The van der Waals surface area contributed by atoms with Crippen LogP contribution in [0.4, 0.5) is 11.6 Å². The maximum atomic E-state index is 10.7. The number of hydrogen-bond acceptors (Lipinski definition) is 5. The van der Waals surface area contributed by atoms with Crippen LogP contribution in [-0.4, -0.2) is 48.2 Å². The fourth-order valence-electron chi connectivity index (χ4n) is 1.68. The Labute approximate surface area is 107 Å². The van der Waals surface area contributed by atoms with E-state index in [1.165, 1.54) is 6.33 Å². The van der Waals surface area contributed by atoms with E-state index in [2.05, 4.69) is 23.8 Å². The predicted molar refractivity (Wildman–Crippen MR) is 71.0 cm³/mol. The Balaban J connectivity index is 2.81. The summed E-state index contributed by atoms with van der Waals surface area (Å²) >= 11 is 0. The molecule has 0 radical (unpaired) electrons. The number of likely N-dealkylation sites (N-methyl/N-ethyl adjacent to an activating group) is 1. The number of nitrogens with zero attached hydrogens (tertiary/aromatic N) is 4. The van der Waals surface area contributed by atoms with Gasteiger partial charge in [0, 0.05) is 26.7 Å². The van der Waals surface area contributed by atoms with Crippen molar-refractivity contribution in [3.63, 3.8) is 0 Å². The van der Waals surface area contributed by atoms with E-state index in [1.807, 2.05) is 11.9 Å². The summed E-state index contributed by atoms with van der Waals surface area (Å²) in [5.41, 5.74) is 0. The third-order valence-electron chi connectivity index (χ3n) is 2.43. The molecular weight excluding hydrogens is 232 g/mol. The molecule has 0 atom stereocenters. The van der Waals surface area contributed by atoms with Crippen LogP contribution in [0.5, 0.6) is 0 Å². The Morgan fingerprint density at radius 1 is 1.28 bits per heavy atom. The van der Waals surface area contributed by atoms with Crippen LogP contribution in [0, 0.1) is 5.92 Å². The summed E-state index contributed by atoms with van der Waals surface area (Å²) in [7, 11) is 3.66. The number of aliphatic carboxylic acids is 1. The van der Waals surface area contributed by atoms with Gasteiger partial charge < -0.3 is 14.9 Å². The number of anilines is 2. The molecule has 6 heteroatoms. The molecule has 1 aromatic rings. The number of carboxylic acids is 1. The molecule has 18 heavy (non-hydrogen) atoms. The van der Waals surface area contributed by atoms with Crippen molar-refractivity contribution in [1.82, 2.24) is 9.97 Å². The third-order valence-corrected chi connectivity index (χ3v) is 2.43. The second-order valence-electron chi connectivity index (χ2n) is 4.76. The van der Waals surface area contributed by atoms with Gasteiger partial charge in [-0.1, -0.05) is 13.8 Å². The summed E-state index contributed by atoms with van der Waals surface area (Å²) in [5.74, 6) is 1.06. The van der Waals surface area contributed by atoms with Gasteiger partial charge in [0.15, 0.2) is 0 Å². The van der Waals surface area contributed by atoms with Gasteiger partial charge >= 0.3 is 5.97 Å². The Bertz CT molecular complexity index is 409. The molecule has 0 aliphatic carbocycles. The van der Waals surface area contributed by atoms with Crippen LogP contribution < -0.4 is 9.80 Å². The first-order valence-corrected chi connectivity index (χ1v) is 5.86. The highest BCUT2D eigenvalue weighted by Crippen LogP contribution is 2.16. The maximum absolute atomic E-state index is 10.7. The monoisotopic (exact) mass is 252 g/mol. The van der Waals surface area contributed by atoms with Gasteiger partial charge in [-0.2, -0.15) is 0 Å². The molecule has 0 saturated carbocycles. The second-order valence-corrected chi connectivity index (χ2v) is 4.76. The zero-order valence-electron chi connectivity index (χ0n) is 11.3. The van der Waals surface area contributed by atoms with Crippen LogP contribution in [0.25, 0.3) is 0 Å². The van der Waals surface area contributed by atoms with Gasteiger partial charge in [-0.05, 0) is 5.92 Å². The third kappa shape index (κ3) is 4.20. The minimum atomic E-state index is -0.881. The lowest BCUT2D eigenvalue weighted by Gasteiger charge is -2.22. The minimum Gasteiger partial charge on any atom is -0.480 e. The molecule has 1 N–H and O–H groups in total. The lowest BCUT2D eigenvalue weighted by atomic mass is 10.2. The average Bonchev–Trinajstić information content (AvgIpc) is 2.27. The van der Waals surface area contributed by atoms with Crippen LogP contribution in [0.15, 0.2) is 12.4 Å². The van der Waals surface area contributed by atoms with Gasteiger partial charge in [-0.3, -0.25) is 4.79 Å². The molecule has 1 rings (SSSR count). The van der Waals surface area contributed by atoms with Crippen LogP contribution in [-0.2, 0) is 4.79 Å². The largest absolute Gasteiger partial charge is 0.480 e. The lowest BCUT2D eigenvalue weighted by molar-refractivity contribution is -0.135. The summed E-state index contributed by atoms with van der Waals surface area (Å²) in [6, 6.07) is 1.80. The highest BCUT2D eigenvalue weighted by molar-refractivity contribution is 5.73. The zero-order chi connectivity index (χ0) is 13.7. The smallest absolute Gasteiger partial charge is 0.323 e. The summed E-state index contributed by atoms with van der Waals surface area (Å²) < 4.78 is 0. The highest BCUT2D eigenvalue weighted by Gasteiger charge is 2.10. The summed E-state index contributed by atoms with van der Waals surface area (Å²) in [5, 5.41) is 8.75. The number of carbonyl (C=O) groups is 1. The summed E-state index contributed by atoms with van der Waals surface area (Å²) in [6.45, 7) is 5.08.